The number of hydrogen-bond donors (Lipinski definition) is 4. The molecule has 0 heterocycles. The van der Waals surface area contributed by atoms with Crippen LogP contribution in [0.1, 0.15) is 0 Å². The topological polar surface area (TPSA) is 145 Å². The van der Waals surface area contributed by atoms with Gasteiger partial charge in [0.25, 0.3) is 0 Å². The van der Waals surface area contributed by atoms with E-state index in [1.165, 1.54) is 4.90 Å². The quantitative estimate of drug-likeness (QED) is 0.448. The summed E-state index contributed by atoms with van der Waals surface area (Å²) in [6.45, 7) is -0.619. The highest BCUT2D eigenvalue weighted by Crippen LogP contribution is 2.10. The summed E-state index contributed by atoms with van der Waals surface area (Å²) in [5.41, 5.74) is 16.7. The number of carbonyl (C=O) groups excluding carboxylic acids is 3. The van der Waals surface area contributed by atoms with Crippen LogP contribution in [0.2, 0.25) is 0 Å². The zero-order valence-electron chi connectivity index (χ0n) is 10.8. The first kappa shape index (κ1) is 15.4. The summed E-state index contributed by atoms with van der Waals surface area (Å²) in [5, 5.41) is 2.61. The molecule has 20 heavy (non-hydrogen) atoms. The zero-order valence-corrected chi connectivity index (χ0v) is 10.8. The van der Waals surface area contributed by atoms with Crippen molar-refractivity contribution in [1.29, 1.82) is 0 Å². The number of nitrogens with zero attached hydrogens (tertiary/aromatic N) is 1. The number of hydrogen-bond acceptors (Lipinski definition) is 5. The number of amides is 3. The molecule has 0 aliphatic heterocycles. The van der Waals surface area contributed by atoms with E-state index in [-0.39, 0.29) is 19.6 Å². The standard InChI is InChI=1S/C12H17N5O3/c13-8-1-3-9(4-2-8)16-12(20)7-17(5-10(14)18)6-11(15)19/h1-4H,5-7,13H2,(H2,14,18)(H2,15,19)(H,16,20). The van der Waals surface area contributed by atoms with Crippen LogP contribution >= 0.6 is 0 Å². The first-order valence-corrected chi connectivity index (χ1v) is 5.81. The van der Waals surface area contributed by atoms with Crippen molar-refractivity contribution in [2.45, 2.75) is 0 Å². The summed E-state index contributed by atoms with van der Waals surface area (Å²) in [4.78, 5) is 34.7. The van der Waals surface area contributed by atoms with E-state index in [0.29, 0.717) is 11.4 Å². The maximum absolute atomic E-state index is 11.8. The molecule has 108 valence electrons. The fraction of sp³-hybridized carbons (Fsp3) is 0.250. The largest absolute Gasteiger partial charge is 0.399 e. The van der Waals surface area contributed by atoms with E-state index < -0.39 is 17.7 Å². The van der Waals surface area contributed by atoms with Crippen molar-refractivity contribution in [3.05, 3.63) is 24.3 Å². The summed E-state index contributed by atoms with van der Waals surface area (Å²) in [5.74, 6) is -1.68. The summed E-state index contributed by atoms with van der Waals surface area (Å²) >= 11 is 0. The smallest absolute Gasteiger partial charge is 0.238 e. The second kappa shape index (κ2) is 7.10. The molecule has 1 aromatic rings. The van der Waals surface area contributed by atoms with Gasteiger partial charge >= 0.3 is 0 Å². The van der Waals surface area contributed by atoms with E-state index in [1.807, 2.05) is 0 Å². The minimum absolute atomic E-state index is 0.170. The molecule has 0 atom stereocenters. The number of nitrogens with one attached hydrogen (secondary N) is 1. The highest BCUT2D eigenvalue weighted by atomic mass is 16.2. The van der Waals surface area contributed by atoms with Crippen LogP contribution in [-0.4, -0.2) is 42.3 Å². The van der Waals surface area contributed by atoms with Gasteiger partial charge in [-0.25, -0.2) is 0 Å². The van der Waals surface area contributed by atoms with Crippen LogP contribution in [0.5, 0.6) is 0 Å². The fourth-order valence-corrected chi connectivity index (χ4v) is 1.58. The van der Waals surface area contributed by atoms with Crippen molar-refractivity contribution in [2.24, 2.45) is 11.5 Å². The average Bonchev–Trinajstić information content (AvgIpc) is 2.30. The van der Waals surface area contributed by atoms with Crippen LogP contribution in [-0.2, 0) is 14.4 Å². The fourth-order valence-electron chi connectivity index (χ4n) is 1.58. The monoisotopic (exact) mass is 279 g/mol. The van der Waals surface area contributed by atoms with E-state index in [1.54, 1.807) is 24.3 Å². The molecule has 7 N–H and O–H groups in total. The van der Waals surface area contributed by atoms with Gasteiger partial charge in [0.2, 0.25) is 17.7 Å². The third-order valence-electron chi connectivity index (χ3n) is 2.32. The molecule has 0 aliphatic carbocycles. The summed E-state index contributed by atoms with van der Waals surface area (Å²) in [6, 6.07) is 6.56. The van der Waals surface area contributed by atoms with Crippen molar-refractivity contribution in [1.82, 2.24) is 4.90 Å². The minimum atomic E-state index is -0.647. The van der Waals surface area contributed by atoms with Gasteiger partial charge in [0, 0.05) is 11.4 Å². The molecule has 0 radical (unpaired) electrons. The molecule has 3 amide bonds. The van der Waals surface area contributed by atoms with Gasteiger partial charge in [-0.1, -0.05) is 0 Å². The van der Waals surface area contributed by atoms with Gasteiger partial charge in [0.1, 0.15) is 0 Å². The second-order valence-electron chi connectivity index (χ2n) is 4.25. The first-order chi connectivity index (χ1) is 9.36. The minimum Gasteiger partial charge on any atom is -0.399 e. The summed E-state index contributed by atoms with van der Waals surface area (Å²) < 4.78 is 0. The van der Waals surface area contributed by atoms with Crippen molar-refractivity contribution in [2.75, 3.05) is 30.7 Å². The van der Waals surface area contributed by atoms with Crippen LogP contribution in [0.4, 0.5) is 11.4 Å². The molecule has 1 rings (SSSR count). The molecular formula is C12H17N5O3. The van der Waals surface area contributed by atoms with E-state index in [4.69, 9.17) is 17.2 Å². The Kier molecular flexibility index (Phi) is 5.48. The van der Waals surface area contributed by atoms with Crippen molar-refractivity contribution >= 4 is 29.1 Å². The molecule has 0 bridgehead atoms. The summed E-state index contributed by atoms with van der Waals surface area (Å²) in [6.07, 6.45) is 0. The van der Waals surface area contributed by atoms with Crippen LogP contribution < -0.4 is 22.5 Å². The van der Waals surface area contributed by atoms with Crippen LogP contribution in [0.15, 0.2) is 24.3 Å². The van der Waals surface area contributed by atoms with E-state index >= 15 is 0 Å². The molecule has 0 spiro atoms. The Morgan fingerprint density at radius 3 is 1.90 bits per heavy atom. The maximum atomic E-state index is 11.8. The lowest BCUT2D eigenvalue weighted by Gasteiger charge is -2.18. The normalized spacial score (nSPS) is 10.2. The molecule has 0 aliphatic rings. The van der Waals surface area contributed by atoms with Gasteiger partial charge in [-0.3, -0.25) is 19.3 Å². The third-order valence-corrected chi connectivity index (χ3v) is 2.32. The first-order valence-electron chi connectivity index (χ1n) is 5.81. The van der Waals surface area contributed by atoms with Gasteiger partial charge in [0.05, 0.1) is 19.6 Å². The van der Waals surface area contributed by atoms with E-state index in [9.17, 15) is 14.4 Å². The Morgan fingerprint density at radius 2 is 1.45 bits per heavy atom. The van der Waals surface area contributed by atoms with E-state index in [0.717, 1.165) is 0 Å². The van der Waals surface area contributed by atoms with Crippen molar-refractivity contribution < 1.29 is 14.4 Å². The predicted octanol–water partition coefficient (Wildman–Crippen LogP) is -1.52. The number of nitrogens with two attached hydrogens (primary N) is 3. The van der Waals surface area contributed by atoms with Gasteiger partial charge in [-0.05, 0) is 24.3 Å². The highest BCUT2D eigenvalue weighted by Gasteiger charge is 2.15. The predicted molar refractivity (Wildman–Crippen MR) is 74.3 cm³/mol. The molecule has 0 saturated heterocycles. The van der Waals surface area contributed by atoms with Crippen molar-refractivity contribution in [3.8, 4) is 0 Å². The van der Waals surface area contributed by atoms with Crippen LogP contribution in [0.3, 0.4) is 0 Å². The Labute approximate surface area is 115 Å². The average molecular weight is 279 g/mol. The Hall–Kier alpha value is -2.61. The maximum Gasteiger partial charge on any atom is 0.238 e. The SMILES string of the molecule is NC(=O)CN(CC(N)=O)CC(=O)Nc1ccc(N)cc1. The molecule has 0 saturated carbocycles. The van der Waals surface area contributed by atoms with E-state index in [2.05, 4.69) is 5.32 Å². The highest BCUT2D eigenvalue weighted by molar-refractivity contribution is 5.93. The second-order valence-corrected chi connectivity index (χ2v) is 4.25. The molecule has 8 heteroatoms. The number of carbonyl (C=O) groups is 3. The molecule has 1 aromatic carbocycles. The molecule has 8 nitrogen and oxygen atoms in total. The zero-order chi connectivity index (χ0) is 15.1. The lowest BCUT2D eigenvalue weighted by Crippen LogP contribution is -2.43. The molecule has 0 fully saturated rings. The molecule has 0 unspecified atom stereocenters. The van der Waals surface area contributed by atoms with Crippen LogP contribution in [0, 0.1) is 0 Å². The third kappa shape index (κ3) is 5.83. The Balaban J connectivity index is 2.58. The molecule has 0 aromatic heterocycles. The van der Waals surface area contributed by atoms with Gasteiger partial charge in [-0.2, -0.15) is 0 Å². The number of benzene rings is 1. The van der Waals surface area contributed by atoms with Gasteiger partial charge in [-0.15, -0.1) is 0 Å². The lowest BCUT2D eigenvalue weighted by molar-refractivity contribution is -0.123. The number of rotatable bonds is 7. The van der Waals surface area contributed by atoms with Crippen molar-refractivity contribution in [3.63, 3.8) is 0 Å². The van der Waals surface area contributed by atoms with Crippen LogP contribution in [0.25, 0.3) is 0 Å². The van der Waals surface area contributed by atoms with Gasteiger partial charge < -0.3 is 22.5 Å². The summed E-state index contributed by atoms with van der Waals surface area (Å²) in [7, 11) is 0. The Bertz CT molecular complexity index is 484. The Morgan fingerprint density at radius 1 is 0.950 bits per heavy atom. The molecular weight excluding hydrogens is 262 g/mol. The number of primary amides is 2. The van der Waals surface area contributed by atoms with Gasteiger partial charge in [0.15, 0.2) is 0 Å². The lowest BCUT2D eigenvalue weighted by atomic mass is 10.3. The number of nitrogen functional groups attached to an aromatic ring is 1. The number of anilines is 2.